The number of thiophene rings is 1. The molecule has 1 heterocycles. The average molecular weight is 387 g/mol. The van der Waals surface area contributed by atoms with E-state index in [9.17, 15) is 0 Å². The molecule has 1 aromatic carbocycles. The molecular weight excluding hydrogens is 369 g/mol. The lowest BCUT2D eigenvalue weighted by Crippen LogP contribution is -2.36. The Morgan fingerprint density at radius 1 is 1.05 bits per heavy atom. The Balaban J connectivity index is 0.00000180. The topological polar surface area (TPSA) is 36.4 Å². The molecule has 0 saturated carbocycles. The number of guanidine groups is 1. The minimum atomic E-state index is 0. The van der Waals surface area contributed by atoms with Crippen LogP contribution in [0.2, 0.25) is 0 Å². The maximum Gasteiger partial charge on any atom is 0.191 e. The van der Waals surface area contributed by atoms with Crippen molar-refractivity contribution in [1.29, 1.82) is 0 Å². The number of hydrogen-bond donors (Lipinski definition) is 2. The molecule has 1 aromatic heterocycles. The molecule has 3 nitrogen and oxygen atoms in total. The first kappa shape index (κ1) is 16.0. The molecule has 0 atom stereocenters. The van der Waals surface area contributed by atoms with Gasteiger partial charge in [0, 0.05) is 18.5 Å². The summed E-state index contributed by atoms with van der Waals surface area (Å²) in [6.45, 7) is 1.59. The van der Waals surface area contributed by atoms with Crippen LogP contribution in [0.3, 0.4) is 0 Å². The second kappa shape index (κ2) is 8.92. The van der Waals surface area contributed by atoms with Crippen molar-refractivity contribution >= 4 is 41.3 Å². The molecule has 0 saturated heterocycles. The van der Waals surface area contributed by atoms with Gasteiger partial charge in [0.2, 0.25) is 0 Å². The fraction of sp³-hybridized carbons (Fsp3) is 0.214. The van der Waals surface area contributed by atoms with Crippen molar-refractivity contribution in [2.24, 2.45) is 4.99 Å². The molecule has 2 aromatic rings. The van der Waals surface area contributed by atoms with Crippen LogP contribution >= 0.6 is 35.3 Å². The summed E-state index contributed by atoms with van der Waals surface area (Å²) >= 11 is 1.74. The molecule has 0 amide bonds. The minimum Gasteiger partial charge on any atom is -0.352 e. The molecule has 2 rings (SSSR count). The zero-order valence-electron chi connectivity index (χ0n) is 10.8. The average Bonchev–Trinajstić information content (AvgIpc) is 2.93. The van der Waals surface area contributed by atoms with Crippen LogP contribution < -0.4 is 10.6 Å². The Hall–Kier alpha value is -1.08. The molecule has 102 valence electrons. The van der Waals surface area contributed by atoms with E-state index in [0.717, 1.165) is 19.0 Å². The van der Waals surface area contributed by atoms with Gasteiger partial charge in [0.15, 0.2) is 5.96 Å². The normalized spacial score (nSPS) is 10.7. The highest BCUT2D eigenvalue weighted by Gasteiger charge is 1.98. The number of aliphatic imine (C=N–C) groups is 1. The molecule has 0 aliphatic carbocycles. The molecule has 0 radical (unpaired) electrons. The van der Waals surface area contributed by atoms with Gasteiger partial charge < -0.3 is 10.6 Å². The molecule has 0 aliphatic rings. The van der Waals surface area contributed by atoms with Crippen molar-refractivity contribution in [3.8, 4) is 0 Å². The molecule has 19 heavy (non-hydrogen) atoms. The highest BCUT2D eigenvalue weighted by Crippen LogP contribution is 2.07. The highest BCUT2D eigenvalue weighted by atomic mass is 127. The van der Waals surface area contributed by atoms with Crippen LogP contribution in [-0.2, 0) is 13.1 Å². The monoisotopic (exact) mass is 387 g/mol. The third-order valence-corrected chi connectivity index (χ3v) is 3.41. The maximum atomic E-state index is 4.20. The van der Waals surface area contributed by atoms with E-state index in [2.05, 4.69) is 45.3 Å². The molecular formula is C14H18IN3S. The van der Waals surface area contributed by atoms with E-state index in [1.54, 1.807) is 18.4 Å². The number of rotatable bonds is 4. The van der Waals surface area contributed by atoms with Gasteiger partial charge in [0.25, 0.3) is 0 Å². The zero-order chi connectivity index (χ0) is 12.6. The first-order valence-electron chi connectivity index (χ1n) is 5.89. The van der Waals surface area contributed by atoms with E-state index in [-0.39, 0.29) is 24.0 Å². The minimum absolute atomic E-state index is 0. The third kappa shape index (κ3) is 5.61. The Morgan fingerprint density at radius 2 is 1.79 bits per heavy atom. The summed E-state index contributed by atoms with van der Waals surface area (Å²) in [6, 6.07) is 14.5. The van der Waals surface area contributed by atoms with E-state index in [4.69, 9.17) is 0 Å². The SMILES string of the molecule is CN=C(NCc1ccccc1)NCc1cccs1.I. The van der Waals surface area contributed by atoms with Gasteiger partial charge in [0.05, 0.1) is 6.54 Å². The van der Waals surface area contributed by atoms with Crippen LogP contribution in [0.5, 0.6) is 0 Å². The summed E-state index contributed by atoms with van der Waals surface area (Å²) in [5, 5.41) is 8.66. The fourth-order valence-electron chi connectivity index (χ4n) is 1.59. The third-order valence-electron chi connectivity index (χ3n) is 2.54. The summed E-state index contributed by atoms with van der Waals surface area (Å²) in [5.74, 6) is 0.826. The lowest BCUT2D eigenvalue weighted by atomic mass is 10.2. The highest BCUT2D eigenvalue weighted by molar-refractivity contribution is 14.0. The van der Waals surface area contributed by atoms with E-state index in [1.165, 1.54) is 10.4 Å². The molecule has 5 heteroatoms. The molecule has 0 aliphatic heterocycles. The van der Waals surface area contributed by atoms with E-state index in [0.29, 0.717) is 0 Å². The van der Waals surface area contributed by atoms with Crippen molar-refractivity contribution in [3.05, 3.63) is 58.3 Å². The largest absolute Gasteiger partial charge is 0.352 e. The Labute approximate surface area is 135 Å². The Morgan fingerprint density at radius 3 is 2.42 bits per heavy atom. The summed E-state index contributed by atoms with van der Waals surface area (Å²) in [5.41, 5.74) is 1.25. The van der Waals surface area contributed by atoms with Gasteiger partial charge in [-0.2, -0.15) is 0 Å². The quantitative estimate of drug-likeness (QED) is 0.480. The van der Waals surface area contributed by atoms with E-state index >= 15 is 0 Å². The summed E-state index contributed by atoms with van der Waals surface area (Å²) < 4.78 is 0. The van der Waals surface area contributed by atoms with Crippen molar-refractivity contribution in [2.75, 3.05) is 7.05 Å². The predicted molar refractivity (Wildman–Crippen MR) is 93.2 cm³/mol. The number of hydrogen-bond acceptors (Lipinski definition) is 2. The second-order valence-corrected chi connectivity index (χ2v) is 4.88. The van der Waals surface area contributed by atoms with Gasteiger partial charge in [-0.05, 0) is 17.0 Å². The van der Waals surface area contributed by atoms with Crippen molar-refractivity contribution in [3.63, 3.8) is 0 Å². The zero-order valence-corrected chi connectivity index (χ0v) is 13.9. The van der Waals surface area contributed by atoms with Gasteiger partial charge in [-0.3, -0.25) is 4.99 Å². The molecule has 0 spiro atoms. The van der Waals surface area contributed by atoms with Crippen molar-refractivity contribution in [1.82, 2.24) is 10.6 Å². The van der Waals surface area contributed by atoms with Gasteiger partial charge in [-0.15, -0.1) is 35.3 Å². The Kier molecular flexibility index (Phi) is 7.50. The smallest absolute Gasteiger partial charge is 0.191 e. The van der Waals surface area contributed by atoms with E-state index in [1.807, 2.05) is 18.2 Å². The molecule has 0 bridgehead atoms. The van der Waals surface area contributed by atoms with Crippen molar-refractivity contribution in [2.45, 2.75) is 13.1 Å². The van der Waals surface area contributed by atoms with Gasteiger partial charge >= 0.3 is 0 Å². The molecule has 0 unspecified atom stereocenters. The van der Waals surface area contributed by atoms with Crippen LogP contribution in [-0.4, -0.2) is 13.0 Å². The number of nitrogens with one attached hydrogen (secondary N) is 2. The van der Waals surface area contributed by atoms with Crippen LogP contribution in [0.1, 0.15) is 10.4 Å². The lowest BCUT2D eigenvalue weighted by molar-refractivity contribution is 0.815. The van der Waals surface area contributed by atoms with Crippen molar-refractivity contribution < 1.29 is 0 Å². The summed E-state index contributed by atoms with van der Waals surface area (Å²) in [7, 11) is 1.79. The summed E-state index contributed by atoms with van der Waals surface area (Å²) in [6.07, 6.45) is 0. The van der Waals surface area contributed by atoms with Crippen LogP contribution in [0, 0.1) is 0 Å². The van der Waals surface area contributed by atoms with Crippen LogP contribution in [0.15, 0.2) is 52.8 Å². The fourth-order valence-corrected chi connectivity index (χ4v) is 2.23. The van der Waals surface area contributed by atoms with Crippen LogP contribution in [0.25, 0.3) is 0 Å². The Bertz CT molecular complexity index is 483. The standard InChI is InChI=1S/C14H17N3S.HI/c1-15-14(17-11-13-8-5-9-18-13)16-10-12-6-3-2-4-7-12;/h2-9H,10-11H2,1H3,(H2,15,16,17);1H. The number of benzene rings is 1. The van der Waals surface area contributed by atoms with Gasteiger partial charge in [-0.1, -0.05) is 36.4 Å². The second-order valence-electron chi connectivity index (χ2n) is 3.84. The van der Waals surface area contributed by atoms with Gasteiger partial charge in [-0.25, -0.2) is 0 Å². The number of halogens is 1. The lowest BCUT2D eigenvalue weighted by Gasteiger charge is -2.11. The maximum absolute atomic E-state index is 4.20. The molecule has 0 fully saturated rings. The van der Waals surface area contributed by atoms with Gasteiger partial charge in [0.1, 0.15) is 0 Å². The first-order valence-corrected chi connectivity index (χ1v) is 6.77. The molecule has 2 N–H and O–H groups in total. The predicted octanol–water partition coefficient (Wildman–Crippen LogP) is 3.23. The number of nitrogens with zero attached hydrogens (tertiary/aromatic N) is 1. The van der Waals surface area contributed by atoms with Crippen LogP contribution in [0.4, 0.5) is 0 Å². The summed E-state index contributed by atoms with van der Waals surface area (Å²) in [4.78, 5) is 5.50. The van der Waals surface area contributed by atoms with E-state index < -0.39 is 0 Å². The first-order chi connectivity index (χ1) is 8.88.